The summed E-state index contributed by atoms with van der Waals surface area (Å²) in [6.45, 7) is 5.47. The number of hydrogen-bond acceptors (Lipinski definition) is 4. The Morgan fingerprint density at radius 1 is 1.14 bits per heavy atom. The molecule has 0 bridgehead atoms. The van der Waals surface area contributed by atoms with E-state index in [0.29, 0.717) is 30.4 Å². The highest BCUT2D eigenvalue weighted by atomic mass is 35.5. The van der Waals surface area contributed by atoms with Crippen LogP contribution in [0, 0.1) is 0 Å². The maximum absolute atomic E-state index is 9.20. The number of nitrogens with one attached hydrogen (secondary N) is 1. The largest absolute Gasteiger partial charge is 0.493 e. The maximum Gasteiger partial charge on any atom is 0.141 e. The van der Waals surface area contributed by atoms with Crippen LogP contribution < -0.4 is 14.8 Å². The third kappa shape index (κ3) is 5.38. The van der Waals surface area contributed by atoms with Gasteiger partial charge in [-0.1, -0.05) is 25.4 Å². The van der Waals surface area contributed by atoms with Crippen LogP contribution in [0.15, 0.2) is 12.1 Å². The topological polar surface area (TPSA) is 50.7 Å². The number of benzene rings is 1. The molecule has 0 amide bonds. The van der Waals surface area contributed by atoms with Crippen LogP contribution in [0.1, 0.15) is 44.7 Å². The molecule has 0 aromatic heterocycles. The van der Waals surface area contributed by atoms with E-state index >= 15 is 0 Å². The molecule has 0 spiro atoms. The third-order valence-electron chi connectivity index (χ3n) is 3.13. The summed E-state index contributed by atoms with van der Waals surface area (Å²) in [6, 6.07) is 3.72. The number of aliphatic hydroxyl groups is 1. The second-order valence-corrected chi connectivity index (χ2v) is 5.28. The summed E-state index contributed by atoms with van der Waals surface area (Å²) in [5, 5.41) is 13.0. The Morgan fingerprint density at radius 2 is 1.76 bits per heavy atom. The van der Waals surface area contributed by atoms with Gasteiger partial charge in [0.05, 0.1) is 18.2 Å². The van der Waals surface area contributed by atoms with E-state index in [9.17, 15) is 5.11 Å². The molecular formula is C16H26ClNO3. The molecule has 0 fully saturated rings. The van der Waals surface area contributed by atoms with E-state index in [-0.39, 0.29) is 12.6 Å². The molecule has 5 heteroatoms. The average Bonchev–Trinajstić information content (AvgIpc) is 2.50. The number of halogens is 1. The van der Waals surface area contributed by atoms with Gasteiger partial charge < -0.3 is 19.9 Å². The number of aliphatic hydroxyl groups excluding tert-OH is 1. The van der Waals surface area contributed by atoms with Crippen molar-refractivity contribution in [3.8, 4) is 11.5 Å². The van der Waals surface area contributed by atoms with E-state index in [1.165, 1.54) is 0 Å². The molecule has 120 valence electrons. The predicted octanol–water partition coefficient (Wildman–Crippen LogP) is 3.56. The lowest BCUT2D eigenvalue weighted by Gasteiger charge is -2.21. The third-order valence-corrected chi connectivity index (χ3v) is 3.42. The van der Waals surface area contributed by atoms with Crippen molar-refractivity contribution >= 4 is 11.6 Å². The molecule has 4 nitrogen and oxygen atoms in total. The van der Waals surface area contributed by atoms with Gasteiger partial charge in [-0.2, -0.15) is 0 Å². The van der Waals surface area contributed by atoms with E-state index in [1.807, 2.05) is 19.2 Å². The first kappa shape index (κ1) is 18.1. The van der Waals surface area contributed by atoms with E-state index in [4.69, 9.17) is 21.1 Å². The molecule has 0 saturated carbocycles. The summed E-state index contributed by atoms with van der Waals surface area (Å²) in [6.07, 6.45) is 2.45. The van der Waals surface area contributed by atoms with Gasteiger partial charge in [0, 0.05) is 24.3 Å². The lowest BCUT2D eigenvalue weighted by atomic mass is 10.0. The minimum absolute atomic E-state index is 0.000388. The number of rotatable bonds is 10. The van der Waals surface area contributed by atoms with Crippen LogP contribution in [0.3, 0.4) is 0 Å². The molecule has 2 N–H and O–H groups in total. The van der Waals surface area contributed by atoms with Crippen molar-refractivity contribution in [2.75, 3.05) is 26.9 Å². The summed E-state index contributed by atoms with van der Waals surface area (Å²) in [7, 11) is 1.86. The lowest BCUT2D eigenvalue weighted by Crippen LogP contribution is -2.19. The number of hydrogen-bond donors (Lipinski definition) is 2. The minimum atomic E-state index is -0.000388. The van der Waals surface area contributed by atoms with Crippen molar-refractivity contribution in [3.63, 3.8) is 0 Å². The lowest BCUT2D eigenvalue weighted by molar-refractivity contribution is 0.263. The fourth-order valence-electron chi connectivity index (χ4n) is 2.07. The Hall–Kier alpha value is -0.970. The average molecular weight is 316 g/mol. The van der Waals surface area contributed by atoms with E-state index in [0.717, 1.165) is 24.2 Å². The zero-order valence-electron chi connectivity index (χ0n) is 13.1. The van der Waals surface area contributed by atoms with Crippen LogP contribution in [-0.2, 0) is 0 Å². The second kappa shape index (κ2) is 9.87. The Labute approximate surface area is 132 Å². The van der Waals surface area contributed by atoms with Gasteiger partial charge in [0.25, 0.3) is 0 Å². The van der Waals surface area contributed by atoms with Gasteiger partial charge in [0.2, 0.25) is 0 Å². The maximum atomic E-state index is 9.20. The summed E-state index contributed by atoms with van der Waals surface area (Å²) in [5.41, 5.74) is 0.953. The second-order valence-electron chi connectivity index (χ2n) is 4.87. The highest BCUT2D eigenvalue weighted by Crippen LogP contribution is 2.37. The van der Waals surface area contributed by atoms with Gasteiger partial charge in [0.15, 0.2) is 0 Å². The highest BCUT2D eigenvalue weighted by molar-refractivity contribution is 6.32. The van der Waals surface area contributed by atoms with Crippen molar-refractivity contribution in [1.29, 1.82) is 0 Å². The van der Waals surface area contributed by atoms with Crippen molar-refractivity contribution in [3.05, 3.63) is 22.7 Å². The number of ether oxygens (including phenoxy) is 2. The Morgan fingerprint density at radius 3 is 2.29 bits per heavy atom. The molecule has 0 aliphatic heterocycles. The fourth-order valence-corrected chi connectivity index (χ4v) is 2.29. The summed E-state index contributed by atoms with van der Waals surface area (Å²) in [5.74, 6) is 1.41. The molecule has 0 aliphatic rings. The van der Waals surface area contributed by atoms with Gasteiger partial charge in [-0.05, 0) is 32.4 Å². The zero-order valence-corrected chi connectivity index (χ0v) is 13.9. The van der Waals surface area contributed by atoms with Crippen LogP contribution in [0.25, 0.3) is 0 Å². The molecule has 0 heterocycles. The van der Waals surface area contributed by atoms with Gasteiger partial charge in [-0.15, -0.1) is 0 Å². The van der Waals surface area contributed by atoms with Gasteiger partial charge in [-0.25, -0.2) is 0 Å². The monoisotopic (exact) mass is 315 g/mol. The van der Waals surface area contributed by atoms with Crippen LogP contribution in [0.5, 0.6) is 11.5 Å². The summed E-state index contributed by atoms with van der Waals surface area (Å²) < 4.78 is 11.5. The molecule has 1 aromatic rings. The molecule has 21 heavy (non-hydrogen) atoms. The first-order valence-electron chi connectivity index (χ1n) is 7.55. The predicted molar refractivity (Wildman–Crippen MR) is 86.5 cm³/mol. The van der Waals surface area contributed by atoms with Crippen LogP contribution in [-0.4, -0.2) is 32.0 Å². The Bertz CT molecular complexity index is 426. The van der Waals surface area contributed by atoms with Crippen molar-refractivity contribution < 1.29 is 14.6 Å². The molecule has 0 radical (unpaired) electrons. The normalized spacial score (nSPS) is 12.2. The first-order chi connectivity index (χ1) is 10.2. The first-order valence-corrected chi connectivity index (χ1v) is 7.92. The molecule has 0 aliphatic carbocycles. The molecule has 0 saturated heterocycles. The standard InChI is InChI=1S/C16H26ClNO3/c1-4-8-20-15-11-16(21-9-5-2)13(17)10-12(15)14(18-3)6-7-19/h10-11,14,18-19H,4-9H2,1-3H3. The van der Waals surface area contributed by atoms with E-state index in [2.05, 4.69) is 19.2 Å². The Kier molecular flexibility index (Phi) is 8.50. The molecule has 1 aromatic carbocycles. The van der Waals surface area contributed by atoms with Crippen molar-refractivity contribution in [1.82, 2.24) is 5.32 Å². The van der Waals surface area contributed by atoms with Crippen LogP contribution in [0.4, 0.5) is 0 Å². The van der Waals surface area contributed by atoms with Crippen molar-refractivity contribution in [2.24, 2.45) is 0 Å². The van der Waals surface area contributed by atoms with Crippen LogP contribution in [0.2, 0.25) is 5.02 Å². The van der Waals surface area contributed by atoms with E-state index in [1.54, 1.807) is 0 Å². The summed E-state index contributed by atoms with van der Waals surface area (Å²) >= 11 is 6.30. The van der Waals surface area contributed by atoms with Crippen molar-refractivity contribution in [2.45, 2.75) is 39.2 Å². The van der Waals surface area contributed by atoms with E-state index < -0.39 is 0 Å². The molecular weight excluding hydrogens is 290 g/mol. The molecule has 1 rings (SSSR count). The van der Waals surface area contributed by atoms with Gasteiger partial charge in [0.1, 0.15) is 11.5 Å². The Balaban J connectivity index is 3.10. The van der Waals surface area contributed by atoms with Gasteiger partial charge >= 0.3 is 0 Å². The minimum Gasteiger partial charge on any atom is -0.493 e. The molecule has 1 unspecified atom stereocenters. The fraction of sp³-hybridized carbons (Fsp3) is 0.625. The highest BCUT2D eigenvalue weighted by Gasteiger charge is 2.18. The molecule has 1 atom stereocenters. The smallest absolute Gasteiger partial charge is 0.141 e. The van der Waals surface area contributed by atoms with Crippen LogP contribution >= 0.6 is 11.6 Å². The zero-order chi connectivity index (χ0) is 15.7. The SMILES string of the molecule is CCCOc1cc(OCCC)c(C(CCO)NC)cc1Cl. The van der Waals surface area contributed by atoms with Gasteiger partial charge in [-0.3, -0.25) is 0 Å². The summed E-state index contributed by atoms with van der Waals surface area (Å²) in [4.78, 5) is 0. The quantitative estimate of drug-likeness (QED) is 0.693.